The van der Waals surface area contributed by atoms with E-state index < -0.39 is 0 Å². The number of carbonyl (C=O) groups is 1. The third-order valence-electron chi connectivity index (χ3n) is 2.95. The molecule has 5 heteroatoms. The van der Waals surface area contributed by atoms with Gasteiger partial charge in [0.15, 0.2) is 0 Å². The van der Waals surface area contributed by atoms with Crippen LogP contribution in [0.2, 0.25) is 0 Å². The van der Waals surface area contributed by atoms with Gasteiger partial charge in [0.1, 0.15) is 5.82 Å². The van der Waals surface area contributed by atoms with Crippen LogP contribution in [0.1, 0.15) is 5.56 Å². The van der Waals surface area contributed by atoms with Gasteiger partial charge in [-0.15, -0.1) is 10.2 Å². The highest BCUT2D eigenvalue weighted by Gasteiger charge is 2.17. The first-order chi connectivity index (χ1) is 8.76. The number of nitrogens with zero attached hydrogens (tertiary/aromatic N) is 2. The quantitative estimate of drug-likeness (QED) is 0.838. The highest BCUT2D eigenvalue weighted by Crippen LogP contribution is 2.28. The topological polar surface area (TPSA) is 66.9 Å². The Kier molecular flexibility index (Phi) is 2.44. The summed E-state index contributed by atoms with van der Waals surface area (Å²) < 4.78 is 0. The van der Waals surface area contributed by atoms with Crippen LogP contribution in [-0.2, 0) is 11.2 Å². The van der Waals surface area contributed by atoms with E-state index in [4.69, 9.17) is 0 Å². The maximum Gasteiger partial charge on any atom is 0.228 e. The van der Waals surface area contributed by atoms with E-state index in [9.17, 15) is 4.79 Å². The average molecular weight is 240 g/mol. The van der Waals surface area contributed by atoms with Crippen molar-refractivity contribution >= 4 is 17.4 Å². The van der Waals surface area contributed by atoms with Gasteiger partial charge in [0.05, 0.1) is 12.1 Å². The highest BCUT2D eigenvalue weighted by atomic mass is 16.1. The zero-order valence-corrected chi connectivity index (χ0v) is 9.90. The average Bonchev–Trinajstić information content (AvgIpc) is 2.78. The molecule has 0 unspecified atom stereocenters. The van der Waals surface area contributed by atoms with Crippen LogP contribution in [0, 0.1) is 0 Å². The molecule has 0 spiro atoms. The number of hydrogen-bond donors (Lipinski definition) is 2. The summed E-state index contributed by atoms with van der Waals surface area (Å²) in [5.41, 5.74) is 3.68. The lowest BCUT2D eigenvalue weighted by Crippen LogP contribution is -2.03. The molecule has 0 radical (unpaired) electrons. The minimum Gasteiger partial charge on any atom is -0.372 e. The zero-order valence-electron chi connectivity index (χ0n) is 9.90. The van der Waals surface area contributed by atoms with Crippen molar-refractivity contribution in [3.8, 4) is 11.3 Å². The molecular formula is C13H12N4O. The summed E-state index contributed by atoms with van der Waals surface area (Å²) in [7, 11) is 1.80. The first kappa shape index (κ1) is 10.7. The van der Waals surface area contributed by atoms with Crippen molar-refractivity contribution in [3.63, 3.8) is 0 Å². The Morgan fingerprint density at radius 2 is 2.11 bits per heavy atom. The maximum absolute atomic E-state index is 11.3. The van der Waals surface area contributed by atoms with Gasteiger partial charge < -0.3 is 10.6 Å². The summed E-state index contributed by atoms with van der Waals surface area (Å²) in [6, 6.07) is 9.61. The lowest BCUT2D eigenvalue weighted by molar-refractivity contribution is -0.115. The summed E-state index contributed by atoms with van der Waals surface area (Å²) >= 11 is 0. The Morgan fingerprint density at radius 3 is 2.83 bits per heavy atom. The van der Waals surface area contributed by atoms with E-state index in [1.807, 2.05) is 30.3 Å². The van der Waals surface area contributed by atoms with Gasteiger partial charge in [-0.1, -0.05) is 6.07 Å². The molecule has 0 aliphatic carbocycles. The molecule has 1 amide bonds. The SMILES string of the molecule is CNc1ccc(-c2ccc3c(c2)CC(=O)N3)nn1. The molecule has 2 aromatic rings. The Hall–Kier alpha value is -2.43. The largest absolute Gasteiger partial charge is 0.372 e. The van der Waals surface area contributed by atoms with Crippen LogP contribution >= 0.6 is 0 Å². The minimum absolute atomic E-state index is 0.0405. The van der Waals surface area contributed by atoms with E-state index in [-0.39, 0.29) is 5.91 Å². The first-order valence-corrected chi connectivity index (χ1v) is 5.71. The molecule has 0 bridgehead atoms. The van der Waals surface area contributed by atoms with E-state index >= 15 is 0 Å². The number of nitrogens with one attached hydrogen (secondary N) is 2. The molecule has 18 heavy (non-hydrogen) atoms. The van der Waals surface area contributed by atoms with Gasteiger partial charge in [-0.2, -0.15) is 0 Å². The summed E-state index contributed by atoms with van der Waals surface area (Å²) in [4.78, 5) is 11.3. The number of fused-ring (bicyclic) bond motifs is 1. The lowest BCUT2D eigenvalue weighted by atomic mass is 10.1. The van der Waals surface area contributed by atoms with Crippen LogP contribution in [-0.4, -0.2) is 23.2 Å². The molecule has 0 fully saturated rings. The zero-order chi connectivity index (χ0) is 12.5. The Bertz CT molecular complexity index is 607. The van der Waals surface area contributed by atoms with Gasteiger partial charge in [0.2, 0.25) is 5.91 Å². The van der Waals surface area contributed by atoms with Crippen LogP contribution in [0.4, 0.5) is 11.5 Å². The number of aromatic nitrogens is 2. The number of anilines is 2. The number of amides is 1. The van der Waals surface area contributed by atoms with E-state index in [0.29, 0.717) is 6.42 Å². The number of rotatable bonds is 2. The maximum atomic E-state index is 11.3. The molecule has 5 nitrogen and oxygen atoms in total. The molecular weight excluding hydrogens is 228 g/mol. The van der Waals surface area contributed by atoms with Crippen LogP contribution < -0.4 is 10.6 Å². The highest BCUT2D eigenvalue weighted by molar-refractivity contribution is 5.99. The number of carbonyl (C=O) groups excluding carboxylic acids is 1. The van der Waals surface area contributed by atoms with Crippen LogP contribution in [0.15, 0.2) is 30.3 Å². The molecule has 1 aliphatic heterocycles. The minimum atomic E-state index is 0.0405. The normalized spacial score (nSPS) is 13.1. The smallest absolute Gasteiger partial charge is 0.228 e. The van der Waals surface area contributed by atoms with Crippen molar-refractivity contribution in [1.29, 1.82) is 0 Å². The van der Waals surface area contributed by atoms with Crippen molar-refractivity contribution in [2.45, 2.75) is 6.42 Å². The van der Waals surface area contributed by atoms with E-state index in [1.165, 1.54) is 0 Å². The van der Waals surface area contributed by atoms with Gasteiger partial charge >= 0.3 is 0 Å². The van der Waals surface area contributed by atoms with Gasteiger partial charge in [-0.3, -0.25) is 4.79 Å². The van der Waals surface area contributed by atoms with Crippen molar-refractivity contribution in [3.05, 3.63) is 35.9 Å². The molecule has 2 N–H and O–H groups in total. The van der Waals surface area contributed by atoms with Crippen LogP contribution in [0.3, 0.4) is 0 Å². The second-order valence-corrected chi connectivity index (χ2v) is 4.15. The monoisotopic (exact) mass is 240 g/mol. The summed E-state index contributed by atoms with van der Waals surface area (Å²) in [5.74, 6) is 0.774. The molecule has 90 valence electrons. The van der Waals surface area contributed by atoms with Crippen molar-refractivity contribution < 1.29 is 4.79 Å². The van der Waals surface area contributed by atoms with E-state index in [0.717, 1.165) is 28.3 Å². The molecule has 0 atom stereocenters. The van der Waals surface area contributed by atoms with Crippen molar-refractivity contribution in [1.82, 2.24) is 10.2 Å². The fourth-order valence-corrected chi connectivity index (χ4v) is 2.01. The molecule has 0 saturated heterocycles. The molecule has 1 aromatic heterocycles. The number of benzene rings is 1. The lowest BCUT2D eigenvalue weighted by Gasteiger charge is -2.04. The van der Waals surface area contributed by atoms with Crippen molar-refractivity contribution in [2.24, 2.45) is 0 Å². The van der Waals surface area contributed by atoms with Crippen LogP contribution in [0.5, 0.6) is 0 Å². The fourth-order valence-electron chi connectivity index (χ4n) is 2.01. The predicted molar refractivity (Wildman–Crippen MR) is 69.3 cm³/mol. The van der Waals surface area contributed by atoms with Crippen molar-refractivity contribution in [2.75, 3.05) is 17.7 Å². The second-order valence-electron chi connectivity index (χ2n) is 4.15. The molecule has 1 aromatic carbocycles. The Morgan fingerprint density at radius 1 is 1.22 bits per heavy atom. The third kappa shape index (κ3) is 1.79. The molecule has 1 aliphatic rings. The predicted octanol–water partition coefficient (Wildman–Crippen LogP) is 1.68. The molecule has 3 rings (SSSR count). The Balaban J connectivity index is 1.97. The van der Waals surface area contributed by atoms with Gasteiger partial charge in [-0.25, -0.2) is 0 Å². The van der Waals surface area contributed by atoms with Gasteiger partial charge in [-0.05, 0) is 29.8 Å². The third-order valence-corrected chi connectivity index (χ3v) is 2.95. The second kappa shape index (κ2) is 4.10. The summed E-state index contributed by atoms with van der Waals surface area (Å²) in [5, 5.41) is 13.9. The molecule has 2 heterocycles. The number of hydrogen-bond acceptors (Lipinski definition) is 4. The standard InChI is InChI=1S/C13H12N4O/c1-14-12-5-4-11(16-17-12)8-2-3-10-9(6-8)7-13(18)15-10/h2-6H,7H2,1H3,(H,14,17)(H,15,18). The summed E-state index contributed by atoms with van der Waals surface area (Å²) in [6.45, 7) is 0. The Labute approximate surface area is 104 Å². The van der Waals surface area contributed by atoms with E-state index in [2.05, 4.69) is 20.8 Å². The van der Waals surface area contributed by atoms with Crippen LogP contribution in [0.25, 0.3) is 11.3 Å². The first-order valence-electron chi connectivity index (χ1n) is 5.71. The fraction of sp³-hybridized carbons (Fsp3) is 0.154. The van der Waals surface area contributed by atoms with Gasteiger partial charge in [0.25, 0.3) is 0 Å². The van der Waals surface area contributed by atoms with Gasteiger partial charge in [0, 0.05) is 18.3 Å². The summed E-state index contributed by atoms with van der Waals surface area (Å²) in [6.07, 6.45) is 0.436. The van der Waals surface area contributed by atoms with E-state index in [1.54, 1.807) is 7.05 Å². The molecule has 0 saturated carbocycles.